The third kappa shape index (κ3) is 3.05. The molecule has 0 saturated carbocycles. The van der Waals surface area contributed by atoms with E-state index in [2.05, 4.69) is 37.4 Å². The van der Waals surface area contributed by atoms with Crippen LogP contribution >= 0.6 is 0 Å². The fourth-order valence-corrected chi connectivity index (χ4v) is 2.18. The first-order valence-corrected chi connectivity index (χ1v) is 6.72. The molecule has 20 heavy (non-hydrogen) atoms. The Morgan fingerprint density at radius 2 is 1.80 bits per heavy atom. The standard InChI is InChI=1S/C17H21NO2/c1-11-5-6-14(9-12(11)2)18-13(3)16-8-7-15(20-4)10-17(16)19/h5-10,13,18-19H,1-4H3. The molecule has 0 aliphatic carbocycles. The van der Waals surface area contributed by atoms with Crippen LogP contribution < -0.4 is 10.1 Å². The van der Waals surface area contributed by atoms with E-state index < -0.39 is 0 Å². The highest BCUT2D eigenvalue weighted by molar-refractivity contribution is 5.51. The Kier molecular flexibility index (Phi) is 4.18. The molecule has 0 fully saturated rings. The summed E-state index contributed by atoms with van der Waals surface area (Å²) in [6.07, 6.45) is 0. The molecule has 2 rings (SSSR count). The molecular formula is C17H21NO2. The number of aryl methyl sites for hydroxylation is 2. The highest BCUT2D eigenvalue weighted by atomic mass is 16.5. The van der Waals surface area contributed by atoms with Gasteiger partial charge < -0.3 is 15.2 Å². The molecule has 0 heterocycles. The molecule has 106 valence electrons. The number of phenols is 1. The van der Waals surface area contributed by atoms with E-state index in [0.717, 1.165) is 11.3 Å². The maximum atomic E-state index is 10.0. The van der Waals surface area contributed by atoms with E-state index in [1.165, 1.54) is 11.1 Å². The van der Waals surface area contributed by atoms with Crippen molar-refractivity contribution >= 4 is 5.69 Å². The van der Waals surface area contributed by atoms with Gasteiger partial charge in [0.05, 0.1) is 13.2 Å². The van der Waals surface area contributed by atoms with Gasteiger partial charge in [-0.25, -0.2) is 0 Å². The van der Waals surface area contributed by atoms with Gasteiger partial charge in [0, 0.05) is 17.3 Å². The number of hydrogen-bond donors (Lipinski definition) is 2. The second kappa shape index (κ2) is 5.87. The topological polar surface area (TPSA) is 41.5 Å². The Labute approximate surface area is 120 Å². The van der Waals surface area contributed by atoms with Gasteiger partial charge in [0.2, 0.25) is 0 Å². The van der Waals surface area contributed by atoms with Crippen LogP contribution in [0.15, 0.2) is 36.4 Å². The van der Waals surface area contributed by atoms with Crippen molar-refractivity contribution in [3.05, 3.63) is 53.1 Å². The molecule has 0 radical (unpaired) electrons. The van der Waals surface area contributed by atoms with E-state index in [4.69, 9.17) is 4.74 Å². The van der Waals surface area contributed by atoms with Crippen LogP contribution in [0, 0.1) is 13.8 Å². The summed E-state index contributed by atoms with van der Waals surface area (Å²) in [6.45, 7) is 6.21. The molecule has 3 nitrogen and oxygen atoms in total. The maximum Gasteiger partial charge on any atom is 0.124 e. The number of hydrogen-bond acceptors (Lipinski definition) is 3. The number of benzene rings is 2. The summed E-state index contributed by atoms with van der Waals surface area (Å²) in [5.74, 6) is 0.901. The van der Waals surface area contributed by atoms with Crippen molar-refractivity contribution < 1.29 is 9.84 Å². The van der Waals surface area contributed by atoms with Crippen LogP contribution in [-0.2, 0) is 0 Å². The van der Waals surface area contributed by atoms with E-state index in [1.807, 2.05) is 19.1 Å². The second-order valence-electron chi connectivity index (χ2n) is 5.09. The van der Waals surface area contributed by atoms with Gasteiger partial charge in [-0.05, 0) is 56.2 Å². The minimum Gasteiger partial charge on any atom is -0.507 e. The van der Waals surface area contributed by atoms with Gasteiger partial charge in [-0.2, -0.15) is 0 Å². The predicted molar refractivity (Wildman–Crippen MR) is 82.6 cm³/mol. The molecule has 0 bridgehead atoms. The van der Waals surface area contributed by atoms with E-state index in [-0.39, 0.29) is 11.8 Å². The molecule has 0 aliphatic heterocycles. The molecular weight excluding hydrogens is 250 g/mol. The van der Waals surface area contributed by atoms with Crippen molar-refractivity contribution in [2.45, 2.75) is 26.8 Å². The van der Waals surface area contributed by atoms with Gasteiger partial charge in [0.25, 0.3) is 0 Å². The Balaban J connectivity index is 2.19. The minimum absolute atomic E-state index is 0.0167. The van der Waals surface area contributed by atoms with Gasteiger partial charge in [-0.3, -0.25) is 0 Å². The van der Waals surface area contributed by atoms with Gasteiger partial charge in [-0.15, -0.1) is 0 Å². The number of phenolic OH excluding ortho intramolecular Hbond substituents is 1. The van der Waals surface area contributed by atoms with Gasteiger partial charge in [0.1, 0.15) is 11.5 Å². The first-order chi connectivity index (χ1) is 9.51. The summed E-state index contributed by atoms with van der Waals surface area (Å²) in [7, 11) is 1.59. The number of methoxy groups -OCH3 is 1. The van der Waals surface area contributed by atoms with Crippen molar-refractivity contribution in [2.75, 3.05) is 12.4 Å². The first-order valence-electron chi connectivity index (χ1n) is 6.72. The lowest BCUT2D eigenvalue weighted by Crippen LogP contribution is -2.07. The van der Waals surface area contributed by atoms with Crippen LogP contribution in [0.4, 0.5) is 5.69 Å². The Morgan fingerprint density at radius 3 is 2.40 bits per heavy atom. The average molecular weight is 271 g/mol. The highest BCUT2D eigenvalue weighted by Gasteiger charge is 2.11. The molecule has 0 spiro atoms. The molecule has 2 aromatic carbocycles. The number of rotatable bonds is 4. The zero-order valence-corrected chi connectivity index (χ0v) is 12.4. The summed E-state index contributed by atoms with van der Waals surface area (Å²) in [5, 5.41) is 13.5. The van der Waals surface area contributed by atoms with Crippen LogP contribution in [0.25, 0.3) is 0 Å². The largest absolute Gasteiger partial charge is 0.507 e. The van der Waals surface area contributed by atoms with Crippen molar-refractivity contribution in [1.82, 2.24) is 0 Å². The molecule has 1 unspecified atom stereocenters. The first kappa shape index (κ1) is 14.3. The molecule has 1 atom stereocenters. The summed E-state index contributed by atoms with van der Waals surface area (Å²) in [5.41, 5.74) is 4.43. The smallest absolute Gasteiger partial charge is 0.124 e. The van der Waals surface area contributed by atoms with Gasteiger partial charge >= 0.3 is 0 Å². The van der Waals surface area contributed by atoms with Crippen molar-refractivity contribution in [1.29, 1.82) is 0 Å². The SMILES string of the molecule is COc1ccc(C(C)Nc2ccc(C)c(C)c2)c(O)c1. The molecule has 0 aromatic heterocycles. The lowest BCUT2D eigenvalue weighted by Gasteiger charge is -2.18. The number of aromatic hydroxyl groups is 1. The predicted octanol–water partition coefficient (Wildman–Crippen LogP) is 4.19. The maximum absolute atomic E-state index is 10.0. The second-order valence-corrected chi connectivity index (χ2v) is 5.09. The summed E-state index contributed by atoms with van der Waals surface area (Å²) in [6, 6.07) is 11.7. The quantitative estimate of drug-likeness (QED) is 0.876. The minimum atomic E-state index is 0.0167. The number of anilines is 1. The van der Waals surface area contributed by atoms with E-state index in [0.29, 0.717) is 5.75 Å². The highest BCUT2D eigenvalue weighted by Crippen LogP contribution is 2.30. The van der Waals surface area contributed by atoms with E-state index >= 15 is 0 Å². The van der Waals surface area contributed by atoms with Crippen LogP contribution in [0.1, 0.15) is 29.7 Å². The molecule has 2 N–H and O–H groups in total. The average Bonchev–Trinajstić information content (AvgIpc) is 2.42. The van der Waals surface area contributed by atoms with Crippen molar-refractivity contribution in [3.8, 4) is 11.5 Å². The monoisotopic (exact) mass is 271 g/mol. The Morgan fingerprint density at radius 1 is 1.05 bits per heavy atom. The fraction of sp³-hybridized carbons (Fsp3) is 0.294. The molecule has 0 saturated heterocycles. The zero-order valence-electron chi connectivity index (χ0n) is 12.4. The number of ether oxygens (including phenoxy) is 1. The Hall–Kier alpha value is -2.16. The molecule has 0 amide bonds. The van der Waals surface area contributed by atoms with E-state index in [9.17, 15) is 5.11 Å². The summed E-state index contributed by atoms with van der Waals surface area (Å²) < 4.78 is 5.10. The normalized spacial score (nSPS) is 12.0. The lowest BCUT2D eigenvalue weighted by atomic mass is 10.1. The zero-order chi connectivity index (χ0) is 14.7. The van der Waals surface area contributed by atoms with E-state index in [1.54, 1.807) is 13.2 Å². The van der Waals surface area contributed by atoms with Crippen LogP contribution in [0.5, 0.6) is 11.5 Å². The van der Waals surface area contributed by atoms with Crippen LogP contribution in [-0.4, -0.2) is 12.2 Å². The van der Waals surface area contributed by atoms with Gasteiger partial charge in [0.15, 0.2) is 0 Å². The van der Waals surface area contributed by atoms with Crippen LogP contribution in [0.2, 0.25) is 0 Å². The molecule has 2 aromatic rings. The summed E-state index contributed by atoms with van der Waals surface area (Å²) in [4.78, 5) is 0. The van der Waals surface area contributed by atoms with Crippen molar-refractivity contribution in [2.24, 2.45) is 0 Å². The number of nitrogens with one attached hydrogen (secondary N) is 1. The fourth-order valence-electron chi connectivity index (χ4n) is 2.18. The third-order valence-electron chi connectivity index (χ3n) is 3.59. The lowest BCUT2D eigenvalue weighted by molar-refractivity contribution is 0.406. The van der Waals surface area contributed by atoms with Gasteiger partial charge in [-0.1, -0.05) is 6.07 Å². The molecule has 3 heteroatoms. The van der Waals surface area contributed by atoms with Crippen LogP contribution in [0.3, 0.4) is 0 Å². The van der Waals surface area contributed by atoms with Crippen molar-refractivity contribution in [3.63, 3.8) is 0 Å². The third-order valence-corrected chi connectivity index (χ3v) is 3.59. The molecule has 0 aliphatic rings. The Bertz CT molecular complexity index is 608. The summed E-state index contributed by atoms with van der Waals surface area (Å²) >= 11 is 0.